The van der Waals surface area contributed by atoms with Crippen molar-refractivity contribution in [3.05, 3.63) is 0 Å². The SMILES string of the molecule is CC(C)CN1CCC(CO)(N(C)C)C1. The van der Waals surface area contributed by atoms with Gasteiger partial charge in [-0.1, -0.05) is 13.8 Å². The molecule has 0 aromatic carbocycles. The Labute approximate surface area is 87.7 Å². The first-order valence-corrected chi connectivity index (χ1v) is 5.51. The largest absolute Gasteiger partial charge is 0.394 e. The van der Waals surface area contributed by atoms with Gasteiger partial charge in [0.05, 0.1) is 12.1 Å². The molecule has 0 spiro atoms. The quantitative estimate of drug-likeness (QED) is 0.721. The van der Waals surface area contributed by atoms with Crippen LogP contribution >= 0.6 is 0 Å². The fourth-order valence-corrected chi connectivity index (χ4v) is 2.25. The molecule has 1 heterocycles. The minimum absolute atomic E-state index is 0.00882. The molecular formula is C11H24N2O. The zero-order chi connectivity index (χ0) is 10.8. The Morgan fingerprint density at radius 2 is 2.07 bits per heavy atom. The normalized spacial score (nSPS) is 29.4. The molecule has 0 amide bonds. The van der Waals surface area contributed by atoms with Crippen molar-refractivity contribution in [3.8, 4) is 0 Å². The number of likely N-dealkylation sites (tertiary alicyclic amines) is 1. The molecule has 1 fully saturated rings. The van der Waals surface area contributed by atoms with Gasteiger partial charge in [-0.15, -0.1) is 0 Å². The van der Waals surface area contributed by atoms with Crippen molar-refractivity contribution in [2.24, 2.45) is 5.92 Å². The Balaban J connectivity index is 2.53. The van der Waals surface area contributed by atoms with Gasteiger partial charge in [0.2, 0.25) is 0 Å². The van der Waals surface area contributed by atoms with E-state index in [1.54, 1.807) is 0 Å². The van der Waals surface area contributed by atoms with Crippen molar-refractivity contribution in [1.82, 2.24) is 9.80 Å². The minimum atomic E-state index is 0.00882. The van der Waals surface area contributed by atoms with Crippen LogP contribution in [0.25, 0.3) is 0 Å². The molecule has 1 aliphatic heterocycles. The van der Waals surface area contributed by atoms with E-state index in [-0.39, 0.29) is 12.1 Å². The maximum atomic E-state index is 9.47. The Morgan fingerprint density at radius 1 is 1.43 bits per heavy atom. The third-order valence-corrected chi connectivity index (χ3v) is 3.28. The van der Waals surface area contributed by atoms with E-state index >= 15 is 0 Å². The zero-order valence-electron chi connectivity index (χ0n) is 9.95. The monoisotopic (exact) mass is 200 g/mol. The molecule has 1 N–H and O–H groups in total. The molecule has 0 bridgehead atoms. The van der Waals surface area contributed by atoms with Gasteiger partial charge in [-0.2, -0.15) is 0 Å². The molecule has 14 heavy (non-hydrogen) atoms. The summed E-state index contributed by atoms with van der Waals surface area (Å²) in [4.78, 5) is 4.63. The highest BCUT2D eigenvalue weighted by molar-refractivity contribution is 4.96. The second-order valence-electron chi connectivity index (χ2n) is 5.16. The molecule has 0 saturated carbocycles. The number of aliphatic hydroxyl groups excluding tert-OH is 1. The van der Waals surface area contributed by atoms with Gasteiger partial charge in [0.15, 0.2) is 0 Å². The highest BCUT2D eigenvalue weighted by Gasteiger charge is 2.39. The minimum Gasteiger partial charge on any atom is -0.394 e. The van der Waals surface area contributed by atoms with Crippen LogP contribution in [0.15, 0.2) is 0 Å². The van der Waals surface area contributed by atoms with Gasteiger partial charge in [0, 0.05) is 19.6 Å². The molecular weight excluding hydrogens is 176 g/mol. The third kappa shape index (κ3) is 2.47. The van der Waals surface area contributed by atoms with Gasteiger partial charge >= 0.3 is 0 Å². The van der Waals surface area contributed by atoms with E-state index in [1.165, 1.54) is 0 Å². The van der Waals surface area contributed by atoms with Gasteiger partial charge in [0.25, 0.3) is 0 Å². The molecule has 1 atom stereocenters. The smallest absolute Gasteiger partial charge is 0.0628 e. The predicted molar refractivity (Wildman–Crippen MR) is 59.4 cm³/mol. The summed E-state index contributed by atoms with van der Waals surface area (Å²) in [5.74, 6) is 0.714. The molecule has 1 unspecified atom stereocenters. The van der Waals surface area contributed by atoms with Crippen molar-refractivity contribution < 1.29 is 5.11 Å². The number of aliphatic hydroxyl groups is 1. The fraction of sp³-hybridized carbons (Fsp3) is 1.00. The van der Waals surface area contributed by atoms with E-state index in [1.807, 2.05) is 0 Å². The van der Waals surface area contributed by atoms with Gasteiger partial charge in [-0.3, -0.25) is 0 Å². The summed E-state index contributed by atoms with van der Waals surface area (Å²) in [7, 11) is 4.13. The van der Waals surface area contributed by atoms with Gasteiger partial charge in [0.1, 0.15) is 0 Å². The fourth-order valence-electron chi connectivity index (χ4n) is 2.25. The molecule has 1 saturated heterocycles. The van der Waals surface area contributed by atoms with E-state index in [2.05, 4.69) is 37.7 Å². The first-order valence-electron chi connectivity index (χ1n) is 5.51. The maximum absolute atomic E-state index is 9.47. The molecule has 0 aliphatic carbocycles. The van der Waals surface area contributed by atoms with Crippen LogP contribution in [-0.4, -0.2) is 60.8 Å². The number of likely N-dealkylation sites (N-methyl/N-ethyl adjacent to an activating group) is 1. The summed E-state index contributed by atoms with van der Waals surface area (Å²) in [6.07, 6.45) is 1.09. The van der Waals surface area contributed by atoms with Crippen LogP contribution < -0.4 is 0 Å². The lowest BCUT2D eigenvalue weighted by atomic mass is 9.99. The summed E-state index contributed by atoms with van der Waals surface area (Å²) in [5, 5.41) is 9.47. The van der Waals surface area contributed by atoms with Crippen molar-refractivity contribution in [1.29, 1.82) is 0 Å². The summed E-state index contributed by atoms with van der Waals surface area (Å²) < 4.78 is 0. The van der Waals surface area contributed by atoms with Crippen molar-refractivity contribution in [2.45, 2.75) is 25.8 Å². The standard InChI is InChI=1S/C11H24N2O/c1-10(2)7-13-6-5-11(8-13,9-14)12(3)4/h10,14H,5-9H2,1-4H3. The van der Waals surface area contributed by atoms with Crippen LogP contribution in [0.1, 0.15) is 20.3 Å². The summed E-state index contributed by atoms with van der Waals surface area (Å²) in [6, 6.07) is 0. The van der Waals surface area contributed by atoms with Crippen LogP contribution in [0, 0.1) is 5.92 Å². The highest BCUT2D eigenvalue weighted by Crippen LogP contribution is 2.25. The lowest BCUT2D eigenvalue weighted by molar-refractivity contribution is 0.0732. The lowest BCUT2D eigenvalue weighted by Gasteiger charge is -2.34. The number of hydrogen-bond donors (Lipinski definition) is 1. The Bertz CT molecular complexity index is 182. The summed E-state index contributed by atoms with van der Waals surface area (Å²) in [6.45, 7) is 8.04. The van der Waals surface area contributed by atoms with Crippen molar-refractivity contribution in [2.75, 3.05) is 40.3 Å². The third-order valence-electron chi connectivity index (χ3n) is 3.28. The highest BCUT2D eigenvalue weighted by atomic mass is 16.3. The van der Waals surface area contributed by atoms with E-state index in [0.29, 0.717) is 5.92 Å². The molecule has 3 nitrogen and oxygen atoms in total. The molecule has 1 rings (SSSR count). The average molecular weight is 200 g/mol. The molecule has 0 radical (unpaired) electrons. The van der Waals surface area contributed by atoms with Crippen LogP contribution in [0.3, 0.4) is 0 Å². The maximum Gasteiger partial charge on any atom is 0.0628 e. The molecule has 0 aromatic heterocycles. The van der Waals surface area contributed by atoms with Crippen molar-refractivity contribution >= 4 is 0 Å². The Hall–Kier alpha value is -0.120. The second-order valence-corrected chi connectivity index (χ2v) is 5.16. The van der Waals surface area contributed by atoms with Gasteiger partial charge in [-0.25, -0.2) is 0 Å². The van der Waals surface area contributed by atoms with Crippen LogP contribution in [-0.2, 0) is 0 Å². The molecule has 0 aromatic rings. The Kier molecular flexibility index (Phi) is 3.93. The molecule has 1 aliphatic rings. The molecule has 84 valence electrons. The number of nitrogens with zero attached hydrogens (tertiary/aromatic N) is 2. The number of hydrogen-bond acceptors (Lipinski definition) is 3. The topological polar surface area (TPSA) is 26.7 Å². The van der Waals surface area contributed by atoms with Gasteiger partial charge < -0.3 is 14.9 Å². The first kappa shape index (κ1) is 12.0. The summed E-state index contributed by atoms with van der Waals surface area (Å²) >= 11 is 0. The lowest BCUT2D eigenvalue weighted by Crippen LogP contribution is -2.49. The van der Waals surface area contributed by atoms with Gasteiger partial charge in [-0.05, 0) is 26.4 Å². The predicted octanol–water partition coefficient (Wildman–Crippen LogP) is 0.641. The van der Waals surface area contributed by atoms with E-state index < -0.39 is 0 Å². The van der Waals surface area contributed by atoms with Crippen LogP contribution in [0.4, 0.5) is 0 Å². The van der Waals surface area contributed by atoms with Crippen LogP contribution in [0.5, 0.6) is 0 Å². The van der Waals surface area contributed by atoms with E-state index in [9.17, 15) is 5.11 Å². The van der Waals surface area contributed by atoms with E-state index in [4.69, 9.17) is 0 Å². The van der Waals surface area contributed by atoms with Crippen molar-refractivity contribution in [3.63, 3.8) is 0 Å². The Morgan fingerprint density at radius 3 is 2.43 bits per heavy atom. The van der Waals surface area contributed by atoms with E-state index in [0.717, 1.165) is 26.1 Å². The first-order chi connectivity index (χ1) is 6.50. The molecule has 3 heteroatoms. The second kappa shape index (κ2) is 4.60. The zero-order valence-corrected chi connectivity index (χ0v) is 9.95. The summed E-state index contributed by atoms with van der Waals surface area (Å²) in [5.41, 5.74) is 0.00882. The average Bonchev–Trinajstić information content (AvgIpc) is 2.48. The van der Waals surface area contributed by atoms with Crippen LogP contribution in [0.2, 0.25) is 0 Å². The number of rotatable bonds is 4.